The summed E-state index contributed by atoms with van der Waals surface area (Å²) < 4.78 is 5.34. The molecular weight excluding hydrogens is 430 g/mol. The van der Waals surface area contributed by atoms with Crippen LogP contribution in [0.1, 0.15) is 59.2 Å². The molecule has 2 aromatic heterocycles. The number of carbonyl (C=O) groups excluding carboxylic acids is 1. The molecule has 0 saturated carbocycles. The second kappa shape index (κ2) is 8.60. The molecular formula is C27H25N3O2S. The van der Waals surface area contributed by atoms with Crippen molar-refractivity contribution < 1.29 is 9.32 Å². The molecule has 1 N–H and O–H groups in total. The second-order valence-electron chi connectivity index (χ2n) is 8.93. The van der Waals surface area contributed by atoms with Gasteiger partial charge in [0.15, 0.2) is 0 Å². The van der Waals surface area contributed by atoms with Crippen LogP contribution in [0, 0.1) is 5.92 Å². The van der Waals surface area contributed by atoms with Crippen LogP contribution >= 0.6 is 11.3 Å². The largest absolute Gasteiger partial charge is 0.356 e. The van der Waals surface area contributed by atoms with E-state index in [2.05, 4.69) is 64.0 Å². The number of aryl methyl sites for hydroxylation is 1. The molecule has 1 unspecified atom stereocenters. The van der Waals surface area contributed by atoms with Crippen LogP contribution < -0.4 is 5.32 Å². The number of carbonyl (C=O) groups is 1. The van der Waals surface area contributed by atoms with Gasteiger partial charge in [0, 0.05) is 31.2 Å². The quantitative estimate of drug-likeness (QED) is 0.398. The highest BCUT2D eigenvalue weighted by Crippen LogP contribution is 2.55. The summed E-state index contributed by atoms with van der Waals surface area (Å²) in [6.45, 7) is 0.714. The van der Waals surface area contributed by atoms with E-state index in [1.807, 2.05) is 17.5 Å². The number of fused-ring (bicyclic) bond motifs is 1. The molecule has 5 nitrogen and oxygen atoms in total. The number of rotatable bonds is 7. The van der Waals surface area contributed by atoms with Gasteiger partial charge in [0.1, 0.15) is 0 Å². The molecule has 1 amide bonds. The predicted molar refractivity (Wildman–Crippen MR) is 128 cm³/mol. The van der Waals surface area contributed by atoms with Crippen molar-refractivity contribution in [2.45, 2.75) is 37.5 Å². The predicted octanol–water partition coefficient (Wildman–Crippen LogP) is 5.53. The molecule has 2 bridgehead atoms. The molecule has 2 aromatic carbocycles. The van der Waals surface area contributed by atoms with Crippen LogP contribution in [0.5, 0.6) is 0 Å². The molecule has 7 rings (SSSR count). The van der Waals surface area contributed by atoms with Gasteiger partial charge in [-0.3, -0.25) is 4.79 Å². The average molecular weight is 456 g/mol. The van der Waals surface area contributed by atoms with Crippen molar-refractivity contribution in [2.24, 2.45) is 5.92 Å². The highest BCUT2D eigenvalue weighted by molar-refractivity contribution is 7.13. The Morgan fingerprint density at radius 2 is 1.73 bits per heavy atom. The third kappa shape index (κ3) is 3.78. The minimum absolute atomic E-state index is 0.0935. The first-order valence-electron chi connectivity index (χ1n) is 11.6. The number of hydrogen-bond acceptors (Lipinski definition) is 5. The minimum atomic E-state index is 0.0935. The van der Waals surface area contributed by atoms with Crippen LogP contribution in [0.4, 0.5) is 0 Å². The highest BCUT2D eigenvalue weighted by Gasteiger charge is 2.42. The van der Waals surface area contributed by atoms with Crippen molar-refractivity contribution in [3.05, 3.63) is 94.2 Å². The first kappa shape index (κ1) is 20.4. The van der Waals surface area contributed by atoms with Gasteiger partial charge in [-0.2, -0.15) is 4.98 Å². The van der Waals surface area contributed by atoms with Gasteiger partial charge in [-0.25, -0.2) is 0 Å². The summed E-state index contributed by atoms with van der Waals surface area (Å²) in [5, 5.41) is 9.24. The molecule has 6 heteroatoms. The lowest BCUT2D eigenvalue weighted by Gasteiger charge is -2.45. The monoisotopic (exact) mass is 455 g/mol. The minimum Gasteiger partial charge on any atom is -0.356 e. The van der Waals surface area contributed by atoms with Gasteiger partial charge in [-0.05, 0) is 52.5 Å². The van der Waals surface area contributed by atoms with Gasteiger partial charge in [-0.1, -0.05) is 59.8 Å². The van der Waals surface area contributed by atoms with E-state index in [1.54, 1.807) is 11.3 Å². The number of amides is 1. The molecule has 166 valence electrons. The summed E-state index contributed by atoms with van der Waals surface area (Å²) in [5.74, 6) is 2.52. The molecule has 0 radical (unpaired) electrons. The van der Waals surface area contributed by atoms with E-state index in [9.17, 15) is 4.79 Å². The van der Waals surface area contributed by atoms with E-state index in [0.29, 0.717) is 55.3 Å². The Hall–Kier alpha value is -3.25. The lowest BCUT2D eigenvalue weighted by Crippen LogP contribution is -2.39. The van der Waals surface area contributed by atoms with E-state index < -0.39 is 0 Å². The fraction of sp³-hybridized carbons (Fsp3) is 0.296. The van der Waals surface area contributed by atoms with Crippen LogP contribution in [0.25, 0.3) is 10.7 Å². The number of hydrogen-bond donors (Lipinski definition) is 1. The number of thiophene rings is 1. The average Bonchev–Trinajstić information content (AvgIpc) is 3.55. The van der Waals surface area contributed by atoms with Gasteiger partial charge in [0.2, 0.25) is 17.6 Å². The Bertz CT molecular complexity index is 1230. The fourth-order valence-corrected chi connectivity index (χ4v) is 6.20. The molecule has 3 aliphatic rings. The van der Waals surface area contributed by atoms with Gasteiger partial charge in [-0.15, -0.1) is 11.3 Å². The maximum atomic E-state index is 12.6. The van der Waals surface area contributed by atoms with Crippen LogP contribution in [0.3, 0.4) is 0 Å². The number of nitrogens with zero attached hydrogens (tertiary/aromatic N) is 2. The second-order valence-corrected chi connectivity index (χ2v) is 9.88. The molecule has 4 aromatic rings. The summed E-state index contributed by atoms with van der Waals surface area (Å²) in [6.07, 6.45) is 2.86. The zero-order chi connectivity index (χ0) is 22.2. The molecule has 0 saturated heterocycles. The smallest absolute Gasteiger partial charge is 0.226 e. The molecule has 3 aliphatic carbocycles. The van der Waals surface area contributed by atoms with Gasteiger partial charge in [0.25, 0.3) is 0 Å². The third-order valence-corrected chi connectivity index (χ3v) is 7.85. The zero-order valence-electron chi connectivity index (χ0n) is 18.2. The number of nitrogens with one attached hydrogen (secondary N) is 1. The van der Waals surface area contributed by atoms with E-state index in [0.717, 1.165) is 11.3 Å². The Morgan fingerprint density at radius 3 is 2.42 bits per heavy atom. The topological polar surface area (TPSA) is 68.0 Å². The molecule has 1 atom stereocenters. The van der Waals surface area contributed by atoms with Crippen LogP contribution in [-0.2, 0) is 11.2 Å². The maximum Gasteiger partial charge on any atom is 0.226 e. The maximum absolute atomic E-state index is 12.6. The Balaban J connectivity index is 1.06. The first-order chi connectivity index (χ1) is 16.3. The Labute approximate surface area is 196 Å². The molecule has 2 heterocycles. The normalized spacial score (nSPS) is 20.3. The zero-order valence-corrected chi connectivity index (χ0v) is 19.1. The van der Waals surface area contributed by atoms with Crippen molar-refractivity contribution in [1.82, 2.24) is 15.5 Å². The Morgan fingerprint density at radius 1 is 1.00 bits per heavy atom. The lowest BCUT2D eigenvalue weighted by atomic mass is 9.59. The number of aromatic nitrogens is 2. The van der Waals surface area contributed by atoms with E-state index in [4.69, 9.17) is 4.52 Å². The first-order valence-corrected chi connectivity index (χ1v) is 12.5. The van der Waals surface area contributed by atoms with Gasteiger partial charge < -0.3 is 9.84 Å². The van der Waals surface area contributed by atoms with Crippen LogP contribution in [0.2, 0.25) is 0 Å². The van der Waals surface area contributed by atoms with Crippen LogP contribution in [-0.4, -0.2) is 22.6 Å². The lowest BCUT2D eigenvalue weighted by molar-refractivity contribution is -0.121. The van der Waals surface area contributed by atoms with Gasteiger partial charge in [0.05, 0.1) is 4.88 Å². The standard InChI is InChI=1S/C27H25N3O2S/c31-24(12-5-13-25-29-27(30-32-25)23-11-6-14-33-23)28-16-17-15-22-18-7-1-3-9-20(18)26(17)21-10-4-2-8-19(21)22/h1-4,6-11,14,17,22,26H,5,12-13,15-16H2,(H,28,31). The Kier molecular flexibility index (Phi) is 5.30. The van der Waals surface area contributed by atoms with Crippen LogP contribution in [0.15, 0.2) is 70.6 Å². The van der Waals surface area contributed by atoms with Crippen molar-refractivity contribution in [3.8, 4) is 10.7 Å². The van der Waals surface area contributed by atoms with E-state index in [1.165, 1.54) is 22.3 Å². The SMILES string of the molecule is O=C(CCCc1nc(-c2cccs2)no1)NCC1CC2c3ccccc3C1c1ccccc12. The third-order valence-electron chi connectivity index (χ3n) is 6.99. The van der Waals surface area contributed by atoms with Gasteiger partial charge >= 0.3 is 0 Å². The summed E-state index contributed by atoms with van der Waals surface area (Å²) in [5.41, 5.74) is 5.80. The summed E-state index contributed by atoms with van der Waals surface area (Å²) >= 11 is 1.59. The summed E-state index contributed by atoms with van der Waals surface area (Å²) in [4.78, 5) is 18.0. The van der Waals surface area contributed by atoms with E-state index in [-0.39, 0.29) is 5.91 Å². The highest BCUT2D eigenvalue weighted by atomic mass is 32.1. The van der Waals surface area contributed by atoms with Crippen molar-refractivity contribution >= 4 is 17.2 Å². The summed E-state index contributed by atoms with van der Waals surface area (Å²) in [6, 6.07) is 21.6. The molecule has 0 spiro atoms. The van der Waals surface area contributed by atoms with Crippen molar-refractivity contribution in [1.29, 1.82) is 0 Å². The molecule has 33 heavy (non-hydrogen) atoms. The number of benzene rings is 2. The summed E-state index contributed by atoms with van der Waals surface area (Å²) in [7, 11) is 0. The molecule has 0 fully saturated rings. The van der Waals surface area contributed by atoms with Crippen molar-refractivity contribution in [2.75, 3.05) is 6.54 Å². The van der Waals surface area contributed by atoms with E-state index >= 15 is 0 Å². The fourth-order valence-electron chi connectivity index (χ4n) is 5.56. The van der Waals surface area contributed by atoms with Crippen molar-refractivity contribution in [3.63, 3.8) is 0 Å². The molecule has 0 aliphatic heterocycles.